The number of halogens is 1. The summed E-state index contributed by atoms with van der Waals surface area (Å²) < 4.78 is 0. The van der Waals surface area contributed by atoms with Gasteiger partial charge in [0, 0.05) is 16.3 Å². The number of benzene rings is 3. The van der Waals surface area contributed by atoms with Crippen LogP contribution in [0.3, 0.4) is 0 Å². The Morgan fingerprint density at radius 2 is 1.37 bits per heavy atom. The fraction of sp³-hybridized carbons (Fsp3) is 0. The maximum atomic E-state index is 12.7. The molecule has 2 N–H and O–H groups in total. The Kier molecular flexibility index (Phi) is 6.02. The SMILES string of the molecule is O=C(Nc1ccccc1)C(=Cc1ccc(Cl)cc1)NC(=O)c1ccccc1. The van der Waals surface area contributed by atoms with Crippen LogP contribution in [0.5, 0.6) is 0 Å². The Balaban J connectivity index is 1.87. The Morgan fingerprint density at radius 3 is 2.00 bits per heavy atom. The minimum atomic E-state index is -0.416. The smallest absolute Gasteiger partial charge is 0.272 e. The van der Waals surface area contributed by atoms with E-state index >= 15 is 0 Å². The van der Waals surface area contributed by atoms with Gasteiger partial charge in [0.05, 0.1) is 0 Å². The van der Waals surface area contributed by atoms with Crippen LogP contribution in [0.15, 0.2) is 90.6 Å². The van der Waals surface area contributed by atoms with E-state index < -0.39 is 5.91 Å². The predicted molar refractivity (Wildman–Crippen MR) is 108 cm³/mol. The van der Waals surface area contributed by atoms with E-state index in [9.17, 15) is 9.59 Å². The van der Waals surface area contributed by atoms with E-state index in [-0.39, 0.29) is 11.6 Å². The van der Waals surface area contributed by atoms with Gasteiger partial charge in [0.25, 0.3) is 11.8 Å². The molecule has 0 radical (unpaired) electrons. The third kappa shape index (κ3) is 5.30. The summed E-state index contributed by atoms with van der Waals surface area (Å²) in [5, 5.41) is 6.07. The monoisotopic (exact) mass is 376 g/mol. The number of rotatable bonds is 5. The van der Waals surface area contributed by atoms with E-state index in [1.807, 2.05) is 24.3 Å². The molecule has 0 aromatic heterocycles. The lowest BCUT2D eigenvalue weighted by molar-refractivity contribution is -0.113. The minimum absolute atomic E-state index is 0.134. The number of carbonyl (C=O) groups excluding carboxylic acids is 2. The Hall–Kier alpha value is -3.37. The van der Waals surface area contributed by atoms with Crippen molar-refractivity contribution in [3.8, 4) is 0 Å². The third-order valence-corrected chi connectivity index (χ3v) is 3.99. The lowest BCUT2D eigenvalue weighted by Crippen LogP contribution is -2.30. The van der Waals surface area contributed by atoms with Crippen molar-refractivity contribution >= 4 is 35.2 Å². The van der Waals surface area contributed by atoms with Crippen molar-refractivity contribution in [1.82, 2.24) is 5.32 Å². The summed E-state index contributed by atoms with van der Waals surface area (Å²) in [6, 6.07) is 24.8. The summed E-state index contributed by atoms with van der Waals surface area (Å²) in [7, 11) is 0. The molecule has 5 heteroatoms. The number of carbonyl (C=O) groups is 2. The Bertz CT molecular complexity index is 953. The van der Waals surface area contributed by atoms with Gasteiger partial charge in [0.1, 0.15) is 5.70 Å². The maximum Gasteiger partial charge on any atom is 0.272 e. The number of amides is 2. The maximum absolute atomic E-state index is 12.7. The van der Waals surface area contributed by atoms with E-state index in [0.717, 1.165) is 5.56 Å². The highest BCUT2D eigenvalue weighted by Crippen LogP contribution is 2.14. The molecule has 0 aliphatic carbocycles. The number of para-hydroxylation sites is 1. The minimum Gasteiger partial charge on any atom is -0.321 e. The lowest BCUT2D eigenvalue weighted by atomic mass is 10.1. The highest BCUT2D eigenvalue weighted by atomic mass is 35.5. The van der Waals surface area contributed by atoms with Gasteiger partial charge in [0.15, 0.2) is 0 Å². The van der Waals surface area contributed by atoms with Crippen molar-refractivity contribution in [3.05, 3.63) is 107 Å². The first kappa shape index (κ1) is 18.4. The van der Waals surface area contributed by atoms with Crippen molar-refractivity contribution in [3.63, 3.8) is 0 Å². The average Bonchev–Trinajstić information content (AvgIpc) is 2.70. The number of hydrogen-bond acceptors (Lipinski definition) is 2. The molecule has 0 saturated heterocycles. The van der Waals surface area contributed by atoms with E-state index in [2.05, 4.69) is 10.6 Å². The van der Waals surface area contributed by atoms with Crippen LogP contribution in [0.1, 0.15) is 15.9 Å². The zero-order valence-corrected chi connectivity index (χ0v) is 15.1. The molecule has 0 spiro atoms. The van der Waals surface area contributed by atoms with Crippen LogP contribution >= 0.6 is 11.6 Å². The summed E-state index contributed by atoms with van der Waals surface area (Å²) in [4.78, 5) is 25.2. The predicted octanol–water partition coefficient (Wildman–Crippen LogP) is 4.75. The molecule has 3 rings (SSSR count). The van der Waals surface area contributed by atoms with Gasteiger partial charge in [-0.2, -0.15) is 0 Å². The molecule has 0 aliphatic rings. The van der Waals surface area contributed by atoms with Crippen molar-refractivity contribution < 1.29 is 9.59 Å². The summed E-state index contributed by atoms with van der Waals surface area (Å²) in [5.41, 5.74) is 1.98. The topological polar surface area (TPSA) is 58.2 Å². The molecule has 3 aromatic rings. The first-order valence-electron chi connectivity index (χ1n) is 8.32. The lowest BCUT2D eigenvalue weighted by Gasteiger charge is -2.11. The normalized spacial score (nSPS) is 10.9. The van der Waals surface area contributed by atoms with Crippen LogP contribution in [-0.4, -0.2) is 11.8 Å². The van der Waals surface area contributed by atoms with Gasteiger partial charge in [-0.25, -0.2) is 0 Å². The molecule has 0 bridgehead atoms. The van der Waals surface area contributed by atoms with Crippen molar-refractivity contribution in [1.29, 1.82) is 0 Å². The van der Waals surface area contributed by atoms with Crippen LogP contribution in [0.2, 0.25) is 5.02 Å². The van der Waals surface area contributed by atoms with Crippen LogP contribution in [0, 0.1) is 0 Å². The largest absolute Gasteiger partial charge is 0.321 e. The van der Waals surface area contributed by atoms with E-state index in [4.69, 9.17) is 11.6 Å². The van der Waals surface area contributed by atoms with Gasteiger partial charge in [-0.05, 0) is 48.0 Å². The van der Waals surface area contributed by atoms with Crippen LogP contribution in [0.4, 0.5) is 5.69 Å². The summed E-state index contributed by atoms with van der Waals surface area (Å²) in [6.07, 6.45) is 1.61. The van der Waals surface area contributed by atoms with E-state index in [1.54, 1.807) is 66.7 Å². The molecule has 134 valence electrons. The molecular weight excluding hydrogens is 360 g/mol. The van der Waals surface area contributed by atoms with Gasteiger partial charge < -0.3 is 10.6 Å². The second kappa shape index (κ2) is 8.83. The first-order chi connectivity index (χ1) is 13.1. The van der Waals surface area contributed by atoms with Gasteiger partial charge in [-0.15, -0.1) is 0 Å². The van der Waals surface area contributed by atoms with Crippen molar-refractivity contribution in [2.45, 2.75) is 0 Å². The summed E-state index contributed by atoms with van der Waals surface area (Å²) in [5.74, 6) is -0.778. The molecule has 0 fully saturated rings. The Morgan fingerprint density at radius 1 is 0.778 bits per heavy atom. The summed E-state index contributed by atoms with van der Waals surface area (Å²) in [6.45, 7) is 0. The molecule has 0 heterocycles. The molecule has 4 nitrogen and oxygen atoms in total. The molecule has 27 heavy (non-hydrogen) atoms. The highest BCUT2D eigenvalue weighted by molar-refractivity contribution is 6.30. The fourth-order valence-electron chi connectivity index (χ4n) is 2.39. The van der Waals surface area contributed by atoms with Gasteiger partial charge in [0.2, 0.25) is 0 Å². The number of hydrogen-bond donors (Lipinski definition) is 2. The number of anilines is 1. The standard InChI is InChI=1S/C22H17ClN2O2/c23-18-13-11-16(12-14-18)15-20(22(27)24-19-9-5-2-6-10-19)25-21(26)17-7-3-1-4-8-17/h1-15H,(H,24,27)(H,25,26). The van der Waals surface area contributed by atoms with Gasteiger partial charge in [-0.1, -0.05) is 60.1 Å². The van der Waals surface area contributed by atoms with Crippen LogP contribution in [0.25, 0.3) is 6.08 Å². The third-order valence-electron chi connectivity index (χ3n) is 3.74. The summed E-state index contributed by atoms with van der Waals surface area (Å²) >= 11 is 5.91. The van der Waals surface area contributed by atoms with E-state index in [0.29, 0.717) is 16.3 Å². The van der Waals surface area contributed by atoms with Gasteiger partial charge >= 0.3 is 0 Å². The fourth-order valence-corrected chi connectivity index (χ4v) is 2.51. The van der Waals surface area contributed by atoms with Crippen LogP contribution < -0.4 is 10.6 Å². The zero-order chi connectivity index (χ0) is 19.1. The molecule has 0 aliphatic heterocycles. The highest BCUT2D eigenvalue weighted by Gasteiger charge is 2.14. The van der Waals surface area contributed by atoms with Crippen molar-refractivity contribution in [2.75, 3.05) is 5.32 Å². The quantitative estimate of drug-likeness (QED) is 0.631. The molecule has 0 atom stereocenters. The zero-order valence-electron chi connectivity index (χ0n) is 14.4. The molecule has 3 aromatic carbocycles. The molecule has 0 unspecified atom stereocenters. The molecular formula is C22H17ClN2O2. The second-order valence-electron chi connectivity index (χ2n) is 5.75. The second-order valence-corrected chi connectivity index (χ2v) is 6.19. The van der Waals surface area contributed by atoms with E-state index in [1.165, 1.54) is 0 Å². The van der Waals surface area contributed by atoms with Crippen molar-refractivity contribution in [2.24, 2.45) is 0 Å². The average molecular weight is 377 g/mol. The molecule has 0 saturated carbocycles. The van der Waals surface area contributed by atoms with Gasteiger partial charge in [-0.3, -0.25) is 9.59 Å². The Labute approximate surface area is 162 Å². The molecule has 2 amide bonds. The van der Waals surface area contributed by atoms with Crippen LogP contribution in [-0.2, 0) is 4.79 Å². The first-order valence-corrected chi connectivity index (χ1v) is 8.70. The number of nitrogens with one attached hydrogen (secondary N) is 2.